The Balaban J connectivity index is 3.01. The molecule has 0 amide bonds. The summed E-state index contributed by atoms with van der Waals surface area (Å²) in [6.07, 6.45) is -0.864. The normalized spacial score (nSPS) is 13.4. The number of aliphatic hydroxyl groups excluding tert-OH is 1. The largest absolute Gasteiger partial charge is 0.386 e. The SMILES string of the molecule is OC(c1cc(Br)cc(Br)c1)C(Cl)Cl. The smallest absolute Gasteiger partial charge is 0.137 e. The summed E-state index contributed by atoms with van der Waals surface area (Å²) in [5, 5.41) is 9.54. The number of rotatable bonds is 2. The molecule has 1 rings (SSSR count). The van der Waals surface area contributed by atoms with Crippen LogP contribution in [0.3, 0.4) is 0 Å². The van der Waals surface area contributed by atoms with Crippen LogP contribution in [0.5, 0.6) is 0 Å². The third-order valence-corrected chi connectivity index (χ3v) is 2.86. The van der Waals surface area contributed by atoms with Gasteiger partial charge in [0.15, 0.2) is 0 Å². The van der Waals surface area contributed by atoms with Crippen LogP contribution < -0.4 is 0 Å². The van der Waals surface area contributed by atoms with E-state index in [4.69, 9.17) is 23.2 Å². The Hall–Kier alpha value is 0.720. The van der Waals surface area contributed by atoms with E-state index in [-0.39, 0.29) is 0 Å². The van der Waals surface area contributed by atoms with E-state index in [1.807, 2.05) is 6.07 Å². The standard InChI is InChI=1S/C8H6Br2Cl2O/c9-5-1-4(2-6(10)3-5)7(13)8(11)12/h1-3,7-8,13H. The van der Waals surface area contributed by atoms with E-state index in [0.29, 0.717) is 5.56 Å². The fourth-order valence-electron chi connectivity index (χ4n) is 0.891. The lowest BCUT2D eigenvalue weighted by molar-refractivity contribution is 0.192. The molecule has 1 unspecified atom stereocenters. The van der Waals surface area contributed by atoms with Crippen molar-refractivity contribution in [2.75, 3.05) is 0 Å². The summed E-state index contributed by atoms with van der Waals surface area (Å²) in [7, 11) is 0. The van der Waals surface area contributed by atoms with E-state index < -0.39 is 10.9 Å². The lowest BCUT2D eigenvalue weighted by Crippen LogP contribution is -2.05. The van der Waals surface area contributed by atoms with E-state index >= 15 is 0 Å². The van der Waals surface area contributed by atoms with Gasteiger partial charge in [-0.25, -0.2) is 0 Å². The van der Waals surface area contributed by atoms with Gasteiger partial charge in [-0.05, 0) is 23.8 Å². The Morgan fingerprint density at radius 1 is 1.08 bits per heavy atom. The number of hydrogen-bond donors (Lipinski definition) is 1. The Kier molecular flexibility index (Phi) is 4.52. The predicted molar refractivity (Wildman–Crippen MR) is 62.3 cm³/mol. The van der Waals surface area contributed by atoms with Crippen molar-refractivity contribution in [3.8, 4) is 0 Å². The van der Waals surface area contributed by atoms with Gasteiger partial charge in [0.2, 0.25) is 0 Å². The molecule has 1 nitrogen and oxygen atoms in total. The van der Waals surface area contributed by atoms with Crippen molar-refractivity contribution in [3.63, 3.8) is 0 Å². The topological polar surface area (TPSA) is 20.2 Å². The molecule has 0 heterocycles. The number of benzene rings is 1. The second-order valence-corrected chi connectivity index (χ2v) is 5.48. The summed E-state index contributed by atoms with van der Waals surface area (Å²) < 4.78 is 1.73. The Morgan fingerprint density at radius 2 is 1.54 bits per heavy atom. The number of hydrogen-bond acceptors (Lipinski definition) is 1. The zero-order valence-electron chi connectivity index (χ0n) is 6.35. The highest BCUT2D eigenvalue weighted by molar-refractivity contribution is 9.11. The van der Waals surface area contributed by atoms with Crippen molar-refractivity contribution in [2.24, 2.45) is 0 Å². The fraction of sp³-hybridized carbons (Fsp3) is 0.250. The van der Waals surface area contributed by atoms with Crippen molar-refractivity contribution < 1.29 is 5.11 Å². The average Bonchev–Trinajstić information content (AvgIpc) is 2.01. The summed E-state index contributed by atoms with van der Waals surface area (Å²) >= 11 is 17.7. The van der Waals surface area contributed by atoms with E-state index in [1.54, 1.807) is 12.1 Å². The predicted octanol–water partition coefficient (Wildman–Crippen LogP) is 4.05. The maximum atomic E-state index is 9.54. The maximum Gasteiger partial charge on any atom is 0.137 e. The van der Waals surface area contributed by atoms with E-state index in [9.17, 15) is 5.11 Å². The van der Waals surface area contributed by atoms with Gasteiger partial charge in [-0.15, -0.1) is 23.2 Å². The molecule has 0 aliphatic heterocycles. The zero-order chi connectivity index (χ0) is 10.0. The van der Waals surface area contributed by atoms with Crippen LogP contribution in [0.4, 0.5) is 0 Å². The molecule has 1 aromatic carbocycles. The third kappa shape index (κ3) is 3.40. The van der Waals surface area contributed by atoms with Crippen LogP contribution in [0.1, 0.15) is 11.7 Å². The first-order chi connectivity index (χ1) is 6.00. The molecule has 1 atom stereocenters. The second-order valence-electron chi connectivity index (χ2n) is 2.48. The summed E-state index contributed by atoms with van der Waals surface area (Å²) in [4.78, 5) is -0.818. The highest BCUT2D eigenvalue weighted by Gasteiger charge is 2.16. The van der Waals surface area contributed by atoms with Gasteiger partial charge in [0.25, 0.3) is 0 Å². The Bertz CT molecular complexity index is 284. The molecular weight excluding hydrogens is 343 g/mol. The first-order valence-corrected chi connectivity index (χ1v) is 5.89. The maximum absolute atomic E-state index is 9.54. The molecule has 72 valence electrons. The molecule has 1 aromatic rings. The van der Waals surface area contributed by atoms with Crippen molar-refractivity contribution in [2.45, 2.75) is 10.9 Å². The quantitative estimate of drug-likeness (QED) is 0.799. The monoisotopic (exact) mass is 346 g/mol. The summed E-state index contributed by atoms with van der Waals surface area (Å²) in [5.74, 6) is 0. The molecule has 1 N–H and O–H groups in total. The first kappa shape index (κ1) is 11.8. The van der Waals surface area contributed by atoms with Gasteiger partial charge in [0, 0.05) is 8.95 Å². The van der Waals surface area contributed by atoms with Gasteiger partial charge < -0.3 is 5.11 Å². The number of halogens is 4. The van der Waals surface area contributed by atoms with Gasteiger partial charge >= 0.3 is 0 Å². The molecule has 0 fully saturated rings. The van der Waals surface area contributed by atoms with E-state index in [2.05, 4.69) is 31.9 Å². The summed E-state index contributed by atoms with van der Waals surface area (Å²) in [6.45, 7) is 0. The molecule has 0 saturated carbocycles. The lowest BCUT2D eigenvalue weighted by Gasteiger charge is -2.12. The highest BCUT2D eigenvalue weighted by Crippen LogP contribution is 2.28. The highest BCUT2D eigenvalue weighted by atomic mass is 79.9. The molecule has 0 aromatic heterocycles. The molecule has 0 aliphatic rings. The van der Waals surface area contributed by atoms with Crippen LogP contribution in [-0.4, -0.2) is 9.94 Å². The molecule has 0 radical (unpaired) electrons. The van der Waals surface area contributed by atoms with Crippen molar-refractivity contribution in [1.82, 2.24) is 0 Å². The first-order valence-electron chi connectivity index (χ1n) is 3.43. The van der Waals surface area contributed by atoms with Crippen LogP contribution in [0, 0.1) is 0 Å². The van der Waals surface area contributed by atoms with E-state index in [1.165, 1.54) is 0 Å². The van der Waals surface area contributed by atoms with Crippen LogP contribution in [0.2, 0.25) is 0 Å². The zero-order valence-corrected chi connectivity index (χ0v) is 11.0. The van der Waals surface area contributed by atoms with Crippen LogP contribution >= 0.6 is 55.1 Å². The molecule has 0 saturated heterocycles. The summed E-state index contributed by atoms with van der Waals surface area (Å²) in [6, 6.07) is 5.41. The minimum atomic E-state index is -0.864. The van der Waals surface area contributed by atoms with Crippen LogP contribution in [0.25, 0.3) is 0 Å². The van der Waals surface area contributed by atoms with Crippen LogP contribution in [0.15, 0.2) is 27.1 Å². The third-order valence-electron chi connectivity index (χ3n) is 1.47. The minimum absolute atomic E-state index is 0.677. The van der Waals surface area contributed by atoms with E-state index in [0.717, 1.165) is 8.95 Å². The number of aliphatic hydroxyl groups is 1. The molecule has 5 heteroatoms. The van der Waals surface area contributed by atoms with Gasteiger partial charge in [0.05, 0.1) is 0 Å². The van der Waals surface area contributed by atoms with Gasteiger partial charge in [-0.1, -0.05) is 31.9 Å². The Labute approximate surface area is 103 Å². The Morgan fingerprint density at radius 3 is 1.92 bits per heavy atom. The lowest BCUT2D eigenvalue weighted by atomic mass is 10.1. The minimum Gasteiger partial charge on any atom is -0.386 e. The molecule has 0 aliphatic carbocycles. The fourth-order valence-corrected chi connectivity index (χ4v) is 2.51. The molecule has 0 spiro atoms. The van der Waals surface area contributed by atoms with Crippen molar-refractivity contribution in [1.29, 1.82) is 0 Å². The number of alkyl halides is 2. The van der Waals surface area contributed by atoms with Crippen molar-refractivity contribution in [3.05, 3.63) is 32.7 Å². The van der Waals surface area contributed by atoms with Crippen molar-refractivity contribution >= 4 is 55.1 Å². The summed E-state index contributed by atoms with van der Waals surface area (Å²) in [5.41, 5.74) is 0.677. The van der Waals surface area contributed by atoms with Gasteiger partial charge in [0.1, 0.15) is 10.9 Å². The molecular formula is C8H6Br2Cl2O. The van der Waals surface area contributed by atoms with Crippen LogP contribution in [-0.2, 0) is 0 Å². The van der Waals surface area contributed by atoms with Gasteiger partial charge in [-0.3, -0.25) is 0 Å². The second kappa shape index (κ2) is 4.99. The molecule has 13 heavy (non-hydrogen) atoms. The van der Waals surface area contributed by atoms with Gasteiger partial charge in [-0.2, -0.15) is 0 Å². The average molecular weight is 349 g/mol. The molecule has 0 bridgehead atoms.